The van der Waals surface area contributed by atoms with Crippen molar-refractivity contribution >= 4 is 11.9 Å². The molecule has 0 unspecified atom stereocenters. The SMILES string of the molecule is COCCN1C(=O)N[C@@](Cc2ccc(F)cc2)(C2CCN(Cc3ccccc3O)CC2)C1=O. The molecular weight excluding hydrogens is 425 g/mol. The fraction of sp³-hybridized carbons (Fsp3) is 0.440. The standard InChI is InChI=1S/C25H30FN3O4/c1-33-15-14-29-23(31)25(27-24(29)32,16-18-6-8-21(26)9-7-18)20-10-12-28(13-11-20)17-19-4-2-3-5-22(19)30/h2-9,20,30H,10-17H2,1H3,(H,27,32)/t25-/m0/s1. The van der Waals surface area contributed by atoms with Gasteiger partial charge in [-0.3, -0.25) is 14.6 Å². The summed E-state index contributed by atoms with van der Waals surface area (Å²) < 4.78 is 18.5. The van der Waals surface area contributed by atoms with Crippen molar-refractivity contribution in [2.24, 2.45) is 5.92 Å². The Balaban J connectivity index is 1.53. The molecule has 2 fully saturated rings. The number of piperidine rings is 1. The number of nitrogens with zero attached hydrogens (tertiary/aromatic N) is 2. The van der Waals surface area contributed by atoms with Crippen molar-refractivity contribution < 1.29 is 23.8 Å². The highest BCUT2D eigenvalue weighted by Crippen LogP contribution is 2.37. The number of nitrogens with one attached hydrogen (secondary N) is 1. The van der Waals surface area contributed by atoms with Crippen LogP contribution in [0.1, 0.15) is 24.0 Å². The molecule has 7 nitrogen and oxygen atoms in total. The summed E-state index contributed by atoms with van der Waals surface area (Å²) in [7, 11) is 1.53. The van der Waals surface area contributed by atoms with Crippen LogP contribution in [-0.4, -0.2) is 65.7 Å². The van der Waals surface area contributed by atoms with Crippen LogP contribution in [0.4, 0.5) is 9.18 Å². The molecule has 33 heavy (non-hydrogen) atoms. The largest absolute Gasteiger partial charge is 0.508 e. The van der Waals surface area contributed by atoms with Gasteiger partial charge in [-0.05, 0) is 55.6 Å². The molecule has 176 valence electrons. The molecule has 0 bridgehead atoms. The van der Waals surface area contributed by atoms with Crippen molar-refractivity contribution in [3.8, 4) is 5.75 Å². The Morgan fingerprint density at radius 1 is 1.12 bits per heavy atom. The monoisotopic (exact) mass is 455 g/mol. The van der Waals surface area contributed by atoms with Crippen molar-refractivity contribution in [1.29, 1.82) is 0 Å². The third-order valence-electron chi connectivity index (χ3n) is 6.79. The highest BCUT2D eigenvalue weighted by atomic mass is 19.1. The molecule has 0 aliphatic carbocycles. The van der Waals surface area contributed by atoms with E-state index < -0.39 is 11.6 Å². The molecule has 2 aromatic carbocycles. The van der Waals surface area contributed by atoms with Crippen LogP contribution < -0.4 is 5.32 Å². The number of carbonyl (C=O) groups is 2. The molecule has 2 saturated heterocycles. The lowest BCUT2D eigenvalue weighted by atomic mass is 9.74. The zero-order chi connectivity index (χ0) is 23.4. The van der Waals surface area contributed by atoms with E-state index >= 15 is 0 Å². The third kappa shape index (κ3) is 4.86. The highest BCUT2D eigenvalue weighted by Gasteiger charge is 2.55. The van der Waals surface area contributed by atoms with E-state index in [1.54, 1.807) is 24.3 Å². The lowest BCUT2D eigenvalue weighted by molar-refractivity contribution is -0.134. The maximum atomic E-state index is 13.6. The van der Waals surface area contributed by atoms with Gasteiger partial charge >= 0.3 is 6.03 Å². The zero-order valence-corrected chi connectivity index (χ0v) is 18.8. The van der Waals surface area contributed by atoms with Gasteiger partial charge in [0, 0.05) is 25.6 Å². The first-order valence-electron chi connectivity index (χ1n) is 11.3. The molecule has 2 aliphatic heterocycles. The average molecular weight is 456 g/mol. The Kier molecular flexibility index (Phi) is 6.95. The van der Waals surface area contributed by atoms with E-state index in [0.29, 0.717) is 13.0 Å². The molecule has 0 radical (unpaired) electrons. The second kappa shape index (κ2) is 9.89. The van der Waals surface area contributed by atoms with Crippen molar-refractivity contribution in [3.63, 3.8) is 0 Å². The Labute approximate surface area is 193 Å². The number of carbonyl (C=O) groups excluding carboxylic acids is 2. The number of ether oxygens (including phenoxy) is 1. The minimum atomic E-state index is -1.07. The average Bonchev–Trinajstić information content (AvgIpc) is 3.05. The molecule has 2 N–H and O–H groups in total. The number of imide groups is 1. The number of aromatic hydroxyl groups is 1. The normalized spacial score (nSPS) is 22.1. The van der Waals surface area contributed by atoms with E-state index in [1.807, 2.05) is 12.1 Å². The number of hydrogen-bond donors (Lipinski definition) is 2. The molecule has 0 aromatic heterocycles. The van der Waals surface area contributed by atoms with Gasteiger partial charge in [0.1, 0.15) is 17.1 Å². The number of urea groups is 1. The number of likely N-dealkylation sites (tertiary alicyclic amines) is 1. The summed E-state index contributed by atoms with van der Waals surface area (Å²) in [5, 5.41) is 13.1. The molecule has 8 heteroatoms. The van der Waals surface area contributed by atoms with Crippen LogP contribution in [0.25, 0.3) is 0 Å². The highest BCUT2D eigenvalue weighted by molar-refractivity contribution is 6.07. The van der Waals surface area contributed by atoms with Gasteiger partial charge in [-0.1, -0.05) is 30.3 Å². The van der Waals surface area contributed by atoms with Crippen molar-refractivity contribution in [2.75, 3.05) is 33.4 Å². The Hall–Kier alpha value is -2.97. The zero-order valence-electron chi connectivity index (χ0n) is 18.8. The van der Waals surface area contributed by atoms with Crippen LogP contribution in [0.15, 0.2) is 48.5 Å². The number of phenols is 1. The molecule has 2 aliphatic rings. The van der Waals surface area contributed by atoms with Gasteiger partial charge in [-0.2, -0.15) is 0 Å². The number of halogens is 1. The van der Waals surface area contributed by atoms with Crippen LogP contribution in [0.5, 0.6) is 5.75 Å². The van der Waals surface area contributed by atoms with Crippen molar-refractivity contribution in [1.82, 2.24) is 15.1 Å². The molecule has 3 amide bonds. The minimum Gasteiger partial charge on any atom is -0.508 e. The summed E-state index contributed by atoms with van der Waals surface area (Å²) in [6, 6.07) is 13.0. The topological polar surface area (TPSA) is 82.1 Å². The number of hydrogen-bond acceptors (Lipinski definition) is 5. The van der Waals surface area contributed by atoms with Crippen molar-refractivity contribution in [2.45, 2.75) is 31.3 Å². The summed E-state index contributed by atoms with van der Waals surface area (Å²) in [6.45, 7) is 2.57. The molecule has 0 saturated carbocycles. The second-order valence-electron chi connectivity index (χ2n) is 8.83. The number of rotatable bonds is 8. The van der Waals surface area contributed by atoms with E-state index in [4.69, 9.17) is 4.74 Å². The quantitative estimate of drug-likeness (QED) is 0.598. The van der Waals surface area contributed by atoms with E-state index in [9.17, 15) is 19.1 Å². The fourth-order valence-corrected chi connectivity index (χ4v) is 4.96. The van der Waals surface area contributed by atoms with E-state index in [-0.39, 0.29) is 36.5 Å². The van der Waals surface area contributed by atoms with Crippen LogP contribution >= 0.6 is 0 Å². The molecule has 2 aromatic rings. The fourth-order valence-electron chi connectivity index (χ4n) is 4.96. The third-order valence-corrected chi connectivity index (χ3v) is 6.79. The summed E-state index contributed by atoms with van der Waals surface area (Å²) >= 11 is 0. The number of amides is 3. The molecule has 4 rings (SSSR count). The van der Waals surface area contributed by atoms with Crippen LogP contribution in [-0.2, 0) is 22.5 Å². The van der Waals surface area contributed by atoms with E-state index in [0.717, 1.165) is 37.1 Å². The first-order valence-corrected chi connectivity index (χ1v) is 11.3. The van der Waals surface area contributed by atoms with Gasteiger partial charge < -0.3 is 15.2 Å². The van der Waals surface area contributed by atoms with Crippen LogP contribution in [0, 0.1) is 11.7 Å². The van der Waals surface area contributed by atoms with Gasteiger partial charge in [-0.25, -0.2) is 9.18 Å². The smallest absolute Gasteiger partial charge is 0.325 e. The predicted molar refractivity (Wildman–Crippen MR) is 121 cm³/mol. The van der Waals surface area contributed by atoms with Gasteiger partial charge in [0.15, 0.2) is 0 Å². The lowest BCUT2D eigenvalue weighted by Gasteiger charge is -2.41. The van der Waals surface area contributed by atoms with E-state index in [2.05, 4.69) is 10.2 Å². The number of phenolic OH excluding ortho intramolecular Hbond substituents is 1. The number of methoxy groups -OCH3 is 1. The van der Waals surface area contributed by atoms with E-state index in [1.165, 1.54) is 24.1 Å². The number of benzene rings is 2. The van der Waals surface area contributed by atoms with Gasteiger partial charge in [0.2, 0.25) is 0 Å². The first-order chi connectivity index (χ1) is 15.9. The Bertz CT molecular complexity index is 991. The van der Waals surface area contributed by atoms with Crippen LogP contribution in [0.3, 0.4) is 0 Å². The summed E-state index contributed by atoms with van der Waals surface area (Å²) in [4.78, 5) is 29.9. The maximum Gasteiger partial charge on any atom is 0.325 e. The van der Waals surface area contributed by atoms with Crippen LogP contribution in [0.2, 0.25) is 0 Å². The Morgan fingerprint density at radius 3 is 2.48 bits per heavy atom. The molecule has 2 heterocycles. The minimum absolute atomic E-state index is 0.0628. The van der Waals surface area contributed by atoms with Gasteiger partial charge in [0.05, 0.1) is 13.2 Å². The molecular formula is C25H30FN3O4. The first kappa shape index (κ1) is 23.2. The summed E-state index contributed by atoms with van der Waals surface area (Å²) in [5.74, 6) is -0.367. The predicted octanol–water partition coefficient (Wildman–Crippen LogP) is 2.92. The van der Waals surface area contributed by atoms with Gasteiger partial charge in [-0.15, -0.1) is 0 Å². The summed E-state index contributed by atoms with van der Waals surface area (Å²) in [5.41, 5.74) is 0.604. The Morgan fingerprint density at radius 2 is 1.82 bits per heavy atom. The van der Waals surface area contributed by atoms with Gasteiger partial charge in [0.25, 0.3) is 5.91 Å². The summed E-state index contributed by atoms with van der Waals surface area (Å²) in [6.07, 6.45) is 1.75. The maximum absolute atomic E-state index is 13.6. The lowest BCUT2D eigenvalue weighted by Crippen LogP contribution is -2.57. The molecule has 0 spiro atoms. The van der Waals surface area contributed by atoms with Crippen molar-refractivity contribution in [3.05, 3.63) is 65.5 Å². The number of para-hydroxylation sites is 1. The second-order valence-corrected chi connectivity index (χ2v) is 8.83. The molecule has 1 atom stereocenters.